The van der Waals surface area contributed by atoms with Crippen LogP contribution in [-0.4, -0.2) is 18.9 Å². The second-order valence-electron chi connectivity index (χ2n) is 3.45. The van der Waals surface area contributed by atoms with Gasteiger partial charge in [-0.1, -0.05) is 0 Å². The number of hydrogen-bond donors (Lipinski definition) is 2. The van der Waals surface area contributed by atoms with Crippen molar-refractivity contribution >= 4 is 17.5 Å². The van der Waals surface area contributed by atoms with Gasteiger partial charge < -0.3 is 4.90 Å². The summed E-state index contributed by atoms with van der Waals surface area (Å²) in [5.41, 5.74) is 4.25. The molecule has 0 spiro atoms. The Morgan fingerprint density at radius 2 is 2.27 bits per heavy atom. The van der Waals surface area contributed by atoms with E-state index in [1.807, 2.05) is 0 Å². The van der Waals surface area contributed by atoms with Crippen LogP contribution in [0.1, 0.15) is 15.9 Å². The molecule has 0 aromatic heterocycles. The summed E-state index contributed by atoms with van der Waals surface area (Å²) in [6, 6.07) is 5.10. The van der Waals surface area contributed by atoms with Crippen molar-refractivity contribution in [2.45, 2.75) is 6.42 Å². The van der Waals surface area contributed by atoms with Gasteiger partial charge in [-0.2, -0.15) is 0 Å². The summed E-state index contributed by atoms with van der Waals surface area (Å²) in [7, 11) is 1.72. The molecule has 0 unspecified atom stereocenters. The molecule has 0 fully saturated rings. The Morgan fingerprint density at radius 1 is 1.53 bits per heavy atom. The molecule has 5 heteroatoms. The van der Waals surface area contributed by atoms with Crippen molar-refractivity contribution in [3.63, 3.8) is 0 Å². The zero-order valence-corrected chi connectivity index (χ0v) is 8.28. The highest BCUT2D eigenvalue weighted by atomic mass is 16.2. The van der Waals surface area contributed by atoms with Crippen LogP contribution in [0.15, 0.2) is 18.2 Å². The number of benzene rings is 1. The Morgan fingerprint density at radius 3 is 2.93 bits per heavy atom. The highest BCUT2D eigenvalue weighted by molar-refractivity contribution is 6.02. The Hall–Kier alpha value is -1.88. The molecule has 1 aliphatic rings. The molecule has 15 heavy (non-hydrogen) atoms. The van der Waals surface area contributed by atoms with E-state index in [9.17, 15) is 9.59 Å². The third kappa shape index (κ3) is 1.46. The van der Waals surface area contributed by atoms with Gasteiger partial charge in [-0.3, -0.25) is 15.0 Å². The van der Waals surface area contributed by atoms with Gasteiger partial charge in [0.25, 0.3) is 5.91 Å². The van der Waals surface area contributed by atoms with E-state index >= 15 is 0 Å². The molecule has 1 heterocycles. The number of nitrogen functional groups attached to an aromatic ring is 1. The van der Waals surface area contributed by atoms with Gasteiger partial charge >= 0.3 is 0 Å². The summed E-state index contributed by atoms with van der Waals surface area (Å²) in [5, 5.41) is 0. The fraction of sp³-hybridized carbons (Fsp3) is 0.200. The Bertz CT molecular complexity index is 442. The lowest BCUT2D eigenvalue weighted by Gasteiger charge is -2.09. The Balaban J connectivity index is 2.42. The van der Waals surface area contributed by atoms with E-state index in [0.717, 1.165) is 11.3 Å². The molecule has 2 amide bonds. The van der Waals surface area contributed by atoms with Gasteiger partial charge in [-0.15, -0.1) is 0 Å². The molecule has 0 atom stereocenters. The minimum Gasteiger partial charge on any atom is -0.315 e. The van der Waals surface area contributed by atoms with E-state index in [1.165, 1.54) is 0 Å². The molecule has 0 aliphatic carbocycles. The molecule has 1 aliphatic heterocycles. The van der Waals surface area contributed by atoms with Gasteiger partial charge in [0.1, 0.15) is 0 Å². The van der Waals surface area contributed by atoms with Crippen molar-refractivity contribution in [1.29, 1.82) is 0 Å². The monoisotopic (exact) mass is 205 g/mol. The lowest BCUT2D eigenvalue weighted by Crippen LogP contribution is -2.30. The number of nitrogens with zero attached hydrogens (tertiary/aromatic N) is 1. The number of nitrogens with two attached hydrogens (primary N) is 1. The number of carbonyl (C=O) groups is 2. The number of rotatable bonds is 1. The highest BCUT2D eigenvalue weighted by Crippen LogP contribution is 2.28. The third-order valence-corrected chi connectivity index (χ3v) is 2.55. The van der Waals surface area contributed by atoms with Gasteiger partial charge in [0.15, 0.2) is 0 Å². The minimum absolute atomic E-state index is 0.0373. The third-order valence-electron chi connectivity index (χ3n) is 2.55. The predicted octanol–water partition coefficient (Wildman–Crippen LogP) is -0.191. The molecule has 78 valence electrons. The van der Waals surface area contributed by atoms with Crippen LogP contribution < -0.4 is 16.2 Å². The first-order valence-electron chi connectivity index (χ1n) is 4.54. The van der Waals surface area contributed by atoms with Crippen LogP contribution in [0.4, 0.5) is 5.69 Å². The average Bonchev–Trinajstić information content (AvgIpc) is 2.53. The van der Waals surface area contributed by atoms with E-state index < -0.39 is 0 Å². The first-order chi connectivity index (χ1) is 7.13. The summed E-state index contributed by atoms with van der Waals surface area (Å²) >= 11 is 0. The SMILES string of the molecule is CN1C(=O)Cc2cc(C(=O)NN)ccc21. The summed E-state index contributed by atoms with van der Waals surface area (Å²) in [4.78, 5) is 24.2. The molecule has 3 N–H and O–H groups in total. The standard InChI is InChI=1S/C10H11N3O2/c1-13-8-3-2-6(10(15)12-11)4-7(8)5-9(13)14/h2-4H,5,11H2,1H3,(H,12,15). The number of nitrogens with one attached hydrogen (secondary N) is 1. The van der Waals surface area contributed by atoms with Crippen molar-refractivity contribution in [2.75, 3.05) is 11.9 Å². The van der Waals surface area contributed by atoms with Crippen LogP contribution in [0.2, 0.25) is 0 Å². The maximum absolute atomic E-state index is 11.4. The fourth-order valence-corrected chi connectivity index (χ4v) is 1.69. The van der Waals surface area contributed by atoms with Gasteiger partial charge in [0.2, 0.25) is 5.91 Å². The number of hydrogen-bond acceptors (Lipinski definition) is 3. The van der Waals surface area contributed by atoms with E-state index in [1.54, 1.807) is 30.1 Å². The molecule has 0 saturated heterocycles. The molecular formula is C10H11N3O2. The number of amides is 2. The van der Waals surface area contributed by atoms with Gasteiger partial charge in [0, 0.05) is 18.3 Å². The van der Waals surface area contributed by atoms with Crippen LogP contribution in [0, 0.1) is 0 Å². The maximum atomic E-state index is 11.4. The van der Waals surface area contributed by atoms with E-state index in [4.69, 9.17) is 5.84 Å². The molecule has 0 bridgehead atoms. The summed E-state index contributed by atoms with van der Waals surface area (Å²) < 4.78 is 0. The lowest BCUT2D eigenvalue weighted by molar-refractivity contribution is -0.117. The average molecular weight is 205 g/mol. The zero-order chi connectivity index (χ0) is 11.0. The van der Waals surface area contributed by atoms with Crippen LogP contribution in [0.5, 0.6) is 0 Å². The van der Waals surface area contributed by atoms with E-state index in [0.29, 0.717) is 12.0 Å². The second kappa shape index (κ2) is 3.36. The normalized spacial score (nSPS) is 14.0. The summed E-state index contributed by atoms with van der Waals surface area (Å²) in [6.07, 6.45) is 0.345. The summed E-state index contributed by atoms with van der Waals surface area (Å²) in [5.74, 6) is 4.72. The van der Waals surface area contributed by atoms with Crippen molar-refractivity contribution in [2.24, 2.45) is 5.84 Å². The van der Waals surface area contributed by atoms with Crippen molar-refractivity contribution in [3.05, 3.63) is 29.3 Å². The number of anilines is 1. The van der Waals surface area contributed by atoms with Crippen LogP contribution in [0.25, 0.3) is 0 Å². The number of fused-ring (bicyclic) bond motifs is 1. The number of carbonyl (C=O) groups excluding carboxylic acids is 2. The largest absolute Gasteiger partial charge is 0.315 e. The predicted molar refractivity (Wildman–Crippen MR) is 55.2 cm³/mol. The van der Waals surface area contributed by atoms with E-state index in [2.05, 4.69) is 5.43 Å². The first kappa shape index (κ1) is 9.67. The molecular weight excluding hydrogens is 194 g/mol. The number of likely N-dealkylation sites (N-methyl/N-ethyl adjacent to an activating group) is 1. The van der Waals surface area contributed by atoms with Crippen LogP contribution in [0.3, 0.4) is 0 Å². The topological polar surface area (TPSA) is 75.4 Å². The van der Waals surface area contributed by atoms with Crippen LogP contribution >= 0.6 is 0 Å². The maximum Gasteiger partial charge on any atom is 0.265 e. The quantitative estimate of drug-likeness (QED) is 0.379. The van der Waals surface area contributed by atoms with Gasteiger partial charge in [-0.05, 0) is 23.8 Å². The molecule has 0 radical (unpaired) electrons. The van der Waals surface area contributed by atoms with Crippen molar-refractivity contribution < 1.29 is 9.59 Å². The Kier molecular flexibility index (Phi) is 2.17. The molecule has 0 saturated carbocycles. The van der Waals surface area contributed by atoms with Gasteiger partial charge in [0.05, 0.1) is 6.42 Å². The van der Waals surface area contributed by atoms with Crippen molar-refractivity contribution in [3.8, 4) is 0 Å². The second-order valence-corrected chi connectivity index (χ2v) is 3.45. The molecule has 5 nitrogen and oxygen atoms in total. The molecule has 1 aromatic rings. The van der Waals surface area contributed by atoms with E-state index in [-0.39, 0.29) is 11.8 Å². The minimum atomic E-state index is -0.347. The smallest absolute Gasteiger partial charge is 0.265 e. The highest BCUT2D eigenvalue weighted by Gasteiger charge is 2.24. The Labute approximate surface area is 86.8 Å². The molecule has 1 aromatic carbocycles. The zero-order valence-electron chi connectivity index (χ0n) is 8.28. The number of hydrazine groups is 1. The molecule has 2 rings (SSSR count). The fourth-order valence-electron chi connectivity index (χ4n) is 1.69. The summed E-state index contributed by atoms with van der Waals surface area (Å²) in [6.45, 7) is 0. The van der Waals surface area contributed by atoms with Crippen LogP contribution in [-0.2, 0) is 11.2 Å². The van der Waals surface area contributed by atoms with Crippen molar-refractivity contribution in [1.82, 2.24) is 5.43 Å². The first-order valence-corrected chi connectivity index (χ1v) is 4.54. The lowest BCUT2D eigenvalue weighted by atomic mass is 10.1. The van der Waals surface area contributed by atoms with Gasteiger partial charge in [-0.25, -0.2) is 5.84 Å².